The number of methoxy groups -OCH3 is 1. The van der Waals surface area contributed by atoms with Crippen LogP contribution >= 0.6 is 0 Å². The number of aromatic nitrogens is 1. The highest BCUT2D eigenvalue weighted by Crippen LogP contribution is 2.36. The Morgan fingerprint density at radius 1 is 1.11 bits per heavy atom. The van der Waals surface area contributed by atoms with E-state index in [1.807, 2.05) is 0 Å². The van der Waals surface area contributed by atoms with Crippen molar-refractivity contribution in [3.05, 3.63) is 45.6 Å². The van der Waals surface area contributed by atoms with Crippen LogP contribution in [0.15, 0.2) is 24.3 Å². The molecule has 1 heterocycles. The van der Waals surface area contributed by atoms with E-state index in [-0.39, 0.29) is 35.9 Å². The normalized spacial score (nSPS) is 10.3. The van der Waals surface area contributed by atoms with E-state index in [2.05, 4.69) is 4.98 Å². The molecule has 0 radical (unpaired) electrons. The number of nitrogens with one attached hydrogen (secondary N) is 1. The quantitative estimate of drug-likeness (QED) is 0.427. The molecular formula is C18H20N2O7. The lowest BCUT2D eigenvalue weighted by molar-refractivity contribution is -0.384. The van der Waals surface area contributed by atoms with Crippen molar-refractivity contribution in [1.82, 2.24) is 4.98 Å². The molecular weight excluding hydrogens is 356 g/mol. The largest absolute Gasteiger partial charge is 0.497 e. The zero-order valence-electron chi connectivity index (χ0n) is 15.2. The van der Waals surface area contributed by atoms with Crippen LogP contribution in [0.1, 0.15) is 29.9 Å². The van der Waals surface area contributed by atoms with Crippen LogP contribution in [-0.2, 0) is 20.7 Å². The van der Waals surface area contributed by atoms with Crippen molar-refractivity contribution in [2.24, 2.45) is 0 Å². The lowest BCUT2D eigenvalue weighted by Gasteiger charge is -2.04. The average molecular weight is 376 g/mol. The van der Waals surface area contributed by atoms with Gasteiger partial charge >= 0.3 is 11.9 Å². The molecule has 9 heteroatoms. The summed E-state index contributed by atoms with van der Waals surface area (Å²) in [4.78, 5) is 38.0. The van der Waals surface area contributed by atoms with Crippen LogP contribution in [0.2, 0.25) is 0 Å². The van der Waals surface area contributed by atoms with Gasteiger partial charge < -0.3 is 19.2 Å². The number of esters is 2. The molecule has 1 aromatic carbocycles. The number of carbonyl (C=O) groups is 2. The van der Waals surface area contributed by atoms with E-state index in [4.69, 9.17) is 14.2 Å². The van der Waals surface area contributed by atoms with Crippen molar-refractivity contribution in [1.29, 1.82) is 0 Å². The smallest absolute Gasteiger partial charge is 0.355 e. The number of benzene rings is 1. The number of nitro groups is 1. The summed E-state index contributed by atoms with van der Waals surface area (Å²) in [6, 6.07) is 6.49. The maximum Gasteiger partial charge on any atom is 0.355 e. The van der Waals surface area contributed by atoms with Crippen LogP contribution in [-0.4, -0.2) is 42.2 Å². The Balaban J connectivity index is 2.62. The van der Waals surface area contributed by atoms with Crippen LogP contribution in [0.25, 0.3) is 11.3 Å². The van der Waals surface area contributed by atoms with E-state index in [0.717, 1.165) is 0 Å². The number of H-pyrrole nitrogens is 1. The van der Waals surface area contributed by atoms with Crippen molar-refractivity contribution < 1.29 is 28.7 Å². The number of rotatable bonds is 8. The van der Waals surface area contributed by atoms with Crippen molar-refractivity contribution in [2.75, 3.05) is 20.3 Å². The molecule has 2 aromatic rings. The molecule has 0 bridgehead atoms. The van der Waals surface area contributed by atoms with Crippen LogP contribution in [0, 0.1) is 10.1 Å². The van der Waals surface area contributed by atoms with E-state index < -0.39 is 23.3 Å². The second-order valence-corrected chi connectivity index (χ2v) is 5.39. The summed E-state index contributed by atoms with van der Waals surface area (Å²) in [6.45, 7) is 3.45. The fourth-order valence-corrected chi connectivity index (χ4v) is 2.60. The predicted octanol–water partition coefficient (Wildman–Crippen LogP) is 2.88. The number of nitrogens with zero attached hydrogens (tertiary/aromatic N) is 1. The van der Waals surface area contributed by atoms with E-state index in [1.165, 1.54) is 7.11 Å². The van der Waals surface area contributed by atoms with Gasteiger partial charge in [-0.25, -0.2) is 4.79 Å². The van der Waals surface area contributed by atoms with Crippen LogP contribution in [0.3, 0.4) is 0 Å². The highest BCUT2D eigenvalue weighted by atomic mass is 16.6. The summed E-state index contributed by atoms with van der Waals surface area (Å²) in [5, 5.41) is 11.7. The molecule has 1 aromatic heterocycles. The number of aromatic amines is 1. The molecule has 0 saturated carbocycles. The molecule has 144 valence electrons. The molecule has 0 unspecified atom stereocenters. The van der Waals surface area contributed by atoms with Gasteiger partial charge in [0.1, 0.15) is 17.1 Å². The number of hydrogen-bond acceptors (Lipinski definition) is 7. The van der Waals surface area contributed by atoms with Gasteiger partial charge in [-0.2, -0.15) is 0 Å². The molecule has 2 rings (SSSR count). The summed E-state index contributed by atoms with van der Waals surface area (Å²) in [7, 11) is 1.50. The fourth-order valence-electron chi connectivity index (χ4n) is 2.60. The highest BCUT2D eigenvalue weighted by Gasteiger charge is 2.33. The van der Waals surface area contributed by atoms with Gasteiger partial charge in [0.2, 0.25) is 0 Å². The van der Waals surface area contributed by atoms with Crippen LogP contribution in [0.4, 0.5) is 5.69 Å². The number of hydrogen-bond donors (Lipinski definition) is 1. The number of ether oxygens (including phenoxy) is 3. The fraction of sp³-hybridized carbons (Fsp3) is 0.333. The van der Waals surface area contributed by atoms with Crippen molar-refractivity contribution in [2.45, 2.75) is 20.3 Å². The lowest BCUT2D eigenvalue weighted by atomic mass is 10.1. The van der Waals surface area contributed by atoms with Crippen LogP contribution < -0.4 is 4.74 Å². The van der Waals surface area contributed by atoms with Crippen molar-refractivity contribution in [3.63, 3.8) is 0 Å². The Labute approximate surface area is 155 Å². The first-order valence-electron chi connectivity index (χ1n) is 8.29. The summed E-state index contributed by atoms with van der Waals surface area (Å²) < 4.78 is 14.9. The van der Waals surface area contributed by atoms with E-state index >= 15 is 0 Å². The van der Waals surface area contributed by atoms with Gasteiger partial charge in [0.25, 0.3) is 5.69 Å². The molecule has 0 saturated heterocycles. The maximum atomic E-state index is 12.3. The average Bonchev–Trinajstić information content (AvgIpc) is 3.01. The Morgan fingerprint density at radius 2 is 1.74 bits per heavy atom. The molecule has 1 N–H and O–H groups in total. The number of carbonyl (C=O) groups excluding carboxylic acids is 2. The predicted molar refractivity (Wildman–Crippen MR) is 95.7 cm³/mol. The van der Waals surface area contributed by atoms with Gasteiger partial charge in [-0.05, 0) is 38.1 Å². The van der Waals surface area contributed by atoms with Crippen molar-refractivity contribution in [3.8, 4) is 17.0 Å². The van der Waals surface area contributed by atoms with E-state index in [9.17, 15) is 19.7 Å². The maximum absolute atomic E-state index is 12.3. The second-order valence-electron chi connectivity index (χ2n) is 5.39. The molecule has 0 aliphatic carbocycles. The molecule has 0 fully saturated rings. The molecule has 0 aliphatic rings. The summed E-state index contributed by atoms with van der Waals surface area (Å²) in [6.07, 6.45) is -0.426. The van der Waals surface area contributed by atoms with Gasteiger partial charge in [-0.15, -0.1) is 0 Å². The third kappa shape index (κ3) is 4.43. The third-order valence-electron chi connectivity index (χ3n) is 3.74. The summed E-state index contributed by atoms with van der Waals surface area (Å²) >= 11 is 0. The zero-order chi connectivity index (χ0) is 20.0. The van der Waals surface area contributed by atoms with E-state index in [0.29, 0.717) is 11.3 Å². The minimum atomic E-state index is -0.778. The minimum absolute atomic E-state index is 0.0669. The van der Waals surface area contributed by atoms with Gasteiger partial charge in [0.15, 0.2) is 0 Å². The Hall–Kier alpha value is -3.36. The topological polar surface area (TPSA) is 121 Å². The lowest BCUT2D eigenvalue weighted by Crippen LogP contribution is -2.13. The molecule has 0 aliphatic heterocycles. The van der Waals surface area contributed by atoms with Gasteiger partial charge in [0, 0.05) is 5.56 Å². The summed E-state index contributed by atoms with van der Waals surface area (Å²) in [5.74, 6) is -0.878. The standard InChI is InChI=1S/C18H20N2O7/c1-4-26-14(21)10-13-16(18(22)27-5-2)19-15(17(13)20(23)24)11-6-8-12(25-3)9-7-11/h6-9,19H,4-5,10H2,1-3H3. The first kappa shape index (κ1) is 20.0. The molecule has 9 nitrogen and oxygen atoms in total. The highest BCUT2D eigenvalue weighted by molar-refractivity contribution is 5.95. The monoisotopic (exact) mass is 376 g/mol. The van der Waals surface area contributed by atoms with Gasteiger partial charge in [0.05, 0.1) is 37.2 Å². The SMILES string of the molecule is CCOC(=O)Cc1c(C(=O)OCC)[nH]c(-c2ccc(OC)cc2)c1[N+](=O)[O-]. The second kappa shape index (κ2) is 8.84. The minimum Gasteiger partial charge on any atom is -0.497 e. The summed E-state index contributed by atoms with van der Waals surface area (Å²) in [5.41, 5.74) is -0.00502. The third-order valence-corrected chi connectivity index (χ3v) is 3.74. The van der Waals surface area contributed by atoms with E-state index in [1.54, 1.807) is 38.1 Å². The van der Waals surface area contributed by atoms with Gasteiger partial charge in [-0.3, -0.25) is 14.9 Å². The molecule has 0 spiro atoms. The van der Waals surface area contributed by atoms with Crippen LogP contribution in [0.5, 0.6) is 5.75 Å². The zero-order valence-corrected chi connectivity index (χ0v) is 15.2. The first-order valence-corrected chi connectivity index (χ1v) is 8.29. The van der Waals surface area contributed by atoms with Gasteiger partial charge in [-0.1, -0.05) is 0 Å². The Bertz CT molecular complexity index is 840. The first-order chi connectivity index (χ1) is 12.9. The molecule has 0 amide bonds. The van der Waals surface area contributed by atoms with Crippen molar-refractivity contribution >= 4 is 17.6 Å². The molecule has 27 heavy (non-hydrogen) atoms. The Kier molecular flexibility index (Phi) is 6.53. The molecule has 0 atom stereocenters. The Morgan fingerprint density at radius 3 is 2.26 bits per heavy atom.